The Morgan fingerprint density at radius 1 is 1.33 bits per heavy atom. The average Bonchev–Trinajstić information content (AvgIpc) is 2.76. The molecule has 18 heavy (non-hydrogen) atoms. The van der Waals surface area contributed by atoms with Gasteiger partial charge in [-0.25, -0.2) is 5.84 Å². The molecule has 3 N–H and O–H groups in total. The Balaban J connectivity index is 1.83. The Kier molecular flexibility index (Phi) is 4.19. The van der Waals surface area contributed by atoms with Crippen LogP contribution in [0.25, 0.3) is 0 Å². The summed E-state index contributed by atoms with van der Waals surface area (Å²) in [4.78, 5) is 2.46. The molecule has 6 heteroatoms. The number of hydrogen-bond acceptors (Lipinski definition) is 6. The van der Waals surface area contributed by atoms with Crippen molar-refractivity contribution >= 4 is 16.5 Å². The number of nitrogens with zero attached hydrogens (tertiary/aromatic N) is 3. The number of rotatable bonds is 3. The minimum absolute atomic E-state index is 0.436. The van der Waals surface area contributed by atoms with E-state index in [-0.39, 0.29) is 0 Å². The maximum Gasteiger partial charge on any atom is 0.219 e. The first-order valence-corrected chi connectivity index (χ1v) is 7.32. The van der Waals surface area contributed by atoms with Crippen LogP contribution in [0.4, 0.5) is 5.13 Å². The molecule has 102 valence electrons. The predicted molar refractivity (Wildman–Crippen MR) is 75.2 cm³/mol. The summed E-state index contributed by atoms with van der Waals surface area (Å²) in [5, 5.41) is 9.82. The molecule has 0 atom stereocenters. The van der Waals surface area contributed by atoms with Gasteiger partial charge in [-0.3, -0.25) is 10.3 Å². The molecule has 2 heterocycles. The lowest BCUT2D eigenvalue weighted by Gasteiger charge is -2.38. The van der Waals surface area contributed by atoms with E-state index in [4.69, 9.17) is 5.84 Å². The quantitative estimate of drug-likeness (QED) is 0.649. The maximum atomic E-state index is 5.31. The number of hydrazine groups is 1. The van der Waals surface area contributed by atoms with E-state index >= 15 is 0 Å². The van der Waals surface area contributed by atoms with Crippen LogP contribution in [0.1, 0.15) is 38.6 Å². The number of anilines is 1. The van der Waals surface area contributed by atoms with E-state index in [1.807, 2.05) is 0 Å². The van der Waals surface area contributed by atoms with Crippen molar-refractivity contribution in [2.75, 3.05) is 18.5 Å². The summed E-state index contributed by atoms with van der Waals surface area (Å²) in [7, 11) is 0. The van der Waals surface area contributed by atoms with Crippen LogP contribution in [-0.4, -0.2) is 28.2 Å². The van der Waals surface area contributed by atoms with Crippen LogP contribution < -0.4 is 11.3 Å². The van der Waals surface area contributed by atoms with Gasteiger partial charge in [0.2, 0.25) is 5.13 Å². The zero-order valence-electron chi connectivity index (χ0n) is 11.4. The van der Waals surface area contributed by atoms with Gasteiger partial charge in [-0.1, -0.05) is 32.1 Å². The summed E-state index contributed by atoms with van der Waals surface area (Å²) in [6, 6.07) is 0. The molecule has 1 aliphatic heterocycles. The van der Waals surface area contributed by atoms with Crippen LogP contribution in [0.5, 0.6) is 0 Å². The zero-order chi connectivity index (χ0) is 13.2. The van der Waals surface area contributed by atoms with Crippen molar-refractivity contribution in [1.82, 2.24) is 15.1 Å². The van der Waals surface area contributed by atoms with E-state index < -0.39 is 0 Å². The molecule has 5 nitrogen and oxygen atoms in total. The normalized spacial score (nSPS) is 19.1. The van der Waals surface area contributed by atoms with Crippen LogP contribution in [0.3, 0.4) is 0 Å². The highest BCUT2D eigenvalue weighted by atomic mass is 32.1. The van der Waals surface area contributed by atoms with Crippen molar-refractivity contribution < 1.29 is 0 Å². The smallest absolute Gasteiger partial charge is 0.219 e. The molecular formula is C12H23N5S. The van der Waals surface area contributed by atoms with Gasteiger partial charge in [-0.05, 0) is 37.3 Å². The molecule has 1 aliphatic rings. The van der Waals surface area contributed by atoms with Crippen molar-refractivity contribution in [3.05, 3.63) is 5.01 Å². The second-order valence-corrected chi connectivity index (χ2v) is 7.12. The Morgan fingerprint density at radius 3 is 2.50 bits per heavy atom. The molecule has 0 bridgehead atoms. The fraction of sp³-hybridized carbons (Fsp3) is 0.833. The molecule has 1 fully saturated rings. The van der Waals surface area contributed by atoms with Crippen LogP contribution >= 0.6 is 11.3 Å². The number of piperidine rings is 1. The van der Waals surface area contributed by atoms with Crippen molar-refractivity contribution in [3.63, 3.8) is 0 Å². The molecule has 2 rings (SSSR count). The van der Waals surface area contributed by atoms with Crippen LogP contribution in [0.15, 0.2) is 0 Å². The highest BCUT2D eigenvalue weighted by Crippen LogP contribution is 2.34. The van der Waals surface area contributed by atoms with E-state index in [0.717, 1.165) is 30.6 Å². The summed E-state index contributed by atoms with van der Waals surface area (Å²) in [6.07, 6.45) is 2.56. The summed E-state index contributed by atoms with van der Waals surface area (Å²) in [5.74, 6) is 6.14. The molecule has 0 aromatic carbocycles. The molecule has 0 radical (unpaired) electrons. The molecule has 1 aromatic heterocycles. The Morgan fingerprint density at radius 2 is 2.00 bits per heavy atom. The first-order chi connectivity index (χ1) is 8.49. The fourth-order valence-corrected chi connectivity index (χ4v) is 3.22. The SMILES string of the molecule is CC(C)(C)C1CCN(Cc2nnc(NN)s2)CC1. The fourth-order valence-electron chi connectivity index (χ4n) is 2.52. The topological polar surface area (TPSA) is 67.1 Å². The van der Waals surface area contributed by atoms with Gasteiger partial charge in [0.05, 0.1) is 6.54 Å². The molecule has 0 spiro atoms. The van der Waals surface area contributed by atoms with Gasteiger partial charge in [0.25, 0.3) is 0 Å². The highest BCUT2D eigenvalue weighted by Gasteiger charge is 2.28. The van der Waals surface area contributed by atoms with Gasteiger partial charge in [0.1, 0.15) is 5.01 Å². The highest BCUT2D eigenvalue weighted by molar-refractivity contribution is 7.15. The largest absolute Gasteiger partial charge is 0.298 e. The summed E-state index contributed by atoms with van der Waals surface area (Å²) in [5.41, 5.74) is 2.97. The molecule has 0 aliphatic carbocycles. The van der Waals surface area contributed by atoms with Gasteiger partial charge in [-0.15, -0.1) is 10.2 Å². The first-order valence-electron chi connectivity index (χ1n) is 6.50. The number of likely N-dealkylation sites (tertiary alicyclic amines) is 1. The summed E-state index contributed by atoms with van der Waals surface area (Å²) >= 11 is 1.53. The third-order valence-corrected chi connectivity index (χ3v) is 4.60. The van der Waals surface area contributed by atoms with Gasteiger partial charge < -0.3 is 0 Å². The molecule has 1 saturated heterocycles. The summed E-state index contributed by atoms with van der Waals surface area (Å²) < 4.78 is 0. The van der Waals surface area contributed by atoms with Crippen molar-refractivity contribution in [3.8, 4) is 0 Å². The molecular weight excluding hydrogens is 246 g/mol. The van der Waals surface area contributed by atoms with E-state index in [1.165, 1.54) is 24.2 Å². The van der Waals surface area contributed by atoms with Crippen molar-refractivity contribution in [2.24, 2.45) is 17.2 Å². The molecule has 1 aromatic rings. The van der Waals surface area contributed by atoms with Crippen LogP contribution in [0.2, 0.25) is 0 Å². The number of hydrogen-bond donors (Lipinski definition) is 2. The minimum atomic E-state index is 0.436. The van der Waals surface area contributed by atoms with Gasteiger partial charge in [-0.2, -0.15) is 0 Å². The molecule has 0 unspecified atom stereocenters. The number of aromatic nitrogens is 2. The molecule has 0 saturated carbocycles. The van der Waals surface area contributed by atoms with Gasteiger partial charge >= 0.3 is 0 Å². The molecule has 0 amide bonds. The predicted octanol–water partition coefficient (Wildman–Crippen LogP) is 2.08. The van der Waals surface area contributed by atoms with E-state index in [1.54, 1.807) is 0 Å². The van der Waals surface area contributed by atoms with E-state index in [2.05, 4.69) is 41.3 Å². The maximum absolute atomic E-state index is 5.31. The zero-order valence-corrected chi connectivity index (χ0v) is 12.3. The third kappa shape index (κ3) is 3.40. The van der Waals surface area contributed by atoms with Crippen molar-refractivity contribution in [1.29, 1.82) is 0 Å². The van der Waals surface area contributed by atoms with E-state index in [9.17, 15) is 0 Å². The second-order valence-electron chi connectivity index (χ2n) is 6.06. The monoisotopic (exact) mass is 269 g/mol. The second kappa shape index (κ2) is 5.50. The van der Waals surface area contributed by atoms with Crippen LogP contribution in [0, 0.1) is 11.3 Å². The minimum Gasteiger partial charge on any atom is -0.298 e. The lowest BCUT2D eigenvalue weighted by Crippen LogP contribution is -2.37. The number of nitrogens with one attached hydrogen (secondary N) is 1. The first kappa shape index (κ1) is 13.7. The standard InChI is InChI=1S/C12H23N5S/c1-12(2,3)9-4-6-17(7-5-9)8-10-15-16-11(14-13)18-10/h9H,4-8,13H2,1-3H3,(H,14,16). The Bertz CT molecular complexity index is 376. The van der Waals surface area contributed by atoms with E-state index in [0.29, 0.717) is 10.5 Å². The van der Waals surface area contributed by atoms with Gasteiger partial charge in [0.15, 0.2) is 0 Å². The van der Waals surface area contributed by atoms with Gasteiger partial charge in [0, 0.05) is 0 Å². The Labute approximate surface area is 113 Å². The lowest BCUT2D eigenvalue weighted by molar-refractivity contribution is 0.108. The van der Waals surface area contributed by atoms with Crippen LogP contribution in [-0.2, 0) is 6.54 Å². The third-order valence-electron chi connectivity index (χ3n) is 3.76. The average molecular weight is 269 g/mol. The summed E-state index contributed by atoms with van der Waals surface area (Å²) in [6.45, 7) is 10.3. The lowest BCUT2D eigenvalue weighted by atomic mass is 9.75. The van der Waals surface area contributed by atoms with Crippen molar-refractivity contribution in [2.45, 2.75) is 40.2 Å². The number of nitrogens with two attached hydrogens (primary N) is 1. The Hall–Kier alpha value is -0.720. The number of nitrogen functional groups attached to an aromatic ring is 1.